The van der Waals surface area contributed by atoms with E-state index in [2.05, 4.69) is 205 Å². The Morgan fingerprint density at radius 2 is 0.796 bits per heavy atom. The molecule has 0 fully saturated rings. The molecule has 0 saturated carbocycles. The minimum Gasteiger partial charge on any atom is -0.453 e. The first kappa shape index (κ1) is 30.5. The molecule has 54 heavy (non-hydrogen) atoms. The van der Waals surface area contributed by atoms with Crippen molar-refractivity contribution < 1.29 is 4.42 Å². The Kier molecular flexibility index (Phi) is 6.90. The lowest BCUT2D eigenvalue weighted by Crippen LogP contribution is -2.09. The molecular formula is C52H33NO. The van der Waals surface area contributed by atoms with Gasteiger partial charge in [-0.3, -0.25) is 0 Å². The van der Waals surface area contributed by atoms with Gasteiger partial charge < -0.3 is 9.32 Å². The number of anilines is 3. The van der Waals surface area contributed by atoms with Crippen LogP contribution >= 0.6 is 0 Å². The maximum absolute atomic E-state index is 7.10. The fraction of sp³-hybridized carbons (Fsp3) is 0. The third-order valence-corrected chi connectivity index (χ3v) is 11.0. The van der Waals surface area contributed by atoms with Gasteiger partial charge in [0, 0.05) is 27.7 Å². The minimum absolute atomic E-state index is 0.865. The molecule has 252 valence electrons. The fourth-order valence-electron chi connectivity index (χ4n) is 8.54. The lowest BCUT2D eigenvalue weighted by molar-refractivity contribution is 0.670. The molecule has 1 heterocycles. The fourth-order valence-corrected chi connectivity index (χ4v) is 8.54. The summed E-state index contributed by atoms with van der Waals surface area (Å²) in [4.78, 5) is 2.29. The SMILES string of the molecule is c1ccc(N(c2ccccc2)c2cccc3c2oc2c(-c4ccc(-c5ccc6c7ccccc7c7ccccc7c6c5)cc4)c4ccccc4cc23)cc1. The first-order chi connectivity index (χ1) is 26.8. The van der Waals surface area contributed by atoms with Crippen LogP contribution in [0.5, 0.6) is 0 Å². The van der Waals surface area contributed by atoms with Gasteiger partial charge in [0.1, 0.15) is 5.58 Å². The first-order valence-electron chi connectivity index (χ1n) is 18.5. The molecule has 0 saturated heterocycles. The van der Waals surface area contributed by atoms with E-state index in [0.717, 1.165) is 50.1 Å². The van der Waals surface area contributed by atoms with Gasteiger partial charge in [-0.15, -0.1) is 0 Å². The summed E-state index contributed by atoms with van der Waals surface area (Å²) in [7, 11) is 0. The molecule has 11 rings (SSSR count). The van der Waals surface area contributed by atoms with Crippen molar-refractivity contribution in [1.82, 2.24) is 0 Å². The first-order valence-corrected chi connectivity index (χ1v) is 18.5. The second kappa shape index (κ2) is 12.2. The lowest BCUT2D eigenvalue weighted by Gasteiger charge is -2.25. The standard InChI is InChI=1S/C52H33NO/c1-3-15-38(16-4-1)53(39-17-5-2-6-18-39)49-25-13-24-46-48-33-37-14-7-8-19-40(37)50(52(48)54-51(46)49)35-28-26-34(27-29-35)36-30-31-45-43-22-10-9-20-41(43)42-21-11-12-23-44(42)47(45)32-36/h1-33H. The Morgan fingerprint density at radius 1 is 0.296 bits per heavy atom. The maximum Gasteiger partial charge on any atom is 0.159 e. The molecule has 0 unspecified atom stereocenters. The Hall–Kier alpha value is -7.16. The van der Waals surface area contributed by atoms with E-state index >= 15 is 0 Å². The van der Waals surface area contributed by atoms with Crippen molar-refractivity contribution in [2.24, 2.45) is 0 Å². The van der Waals surface area contributed by atoms with Gasteiger partial charge in [0.05, 0.1) is 5.69 Å². The van der Waals surface area contributed by atoms with E-state index in [1.807, 2.05) is 0 Å². The summed E-state index contributed by atoms with van der Waals surface area (Å²) < 4.78 is 7.10. The second-order valence-electron chi connectivity index (χ2n) is 14.0. The Bertz CT molecular complexity index is 3120. The number of fused-ring (bicyclic) bond motifs is 10. The Balaban J connectivity index is 1.09. The number of nitrogens with zero attached hydrogens (tertiary/aromatic N) is 1. The smallest absolute Gasteiger partial charge is 0.159 e. The number of furan rings is 1. The zero-order valence-electron chi connectivity index (χ0n) is 29.4. The number of hydrogen-bond donors (Lipinski definition) is 0. The molecule has 10 aromatic carbocycles. The van der Waals surface area contributed by atoms with E-state index in [1.54, 1.807) is 0 Å². The molecule has 0 aliphatic rings. The van der Waals surface area contributed by atoms with Crippen molar-refractivity contribution in [3.8, 4) is 22.3 Å². The van der Waals surface area contributed by atoms with Crippen LogP contribution in [0.2, 0.25) is 0 Å². The van der Waals surface area contributed by atoms with Gasteiger partial charge in [-0.2, -0.15) is 0 Å². The summed E-state index contributed by atoms with van der Waals surface area (Å²) in [6.07, 6.45) is 0. The molecule has 0 spiro atoms. The summed E-state index contributed by atoms with van der Waals surface area (Å²) >= 11 is 0. The van der Waals surface area contributed by atoms with Crippen LogP contribution in [0.4, 0.5) is 17.1 Å². The third-order valence-electron chi connectivity index (χ3n) is 11.0. The van der Waals surface area contributed by atoms with Crippen LogP contribution in [-0.4, -0.2) is 0 Å². The average Bonchev–Trinajstić information content (AvgIpc) is 3.62. The highest BCUT2D eigenvalue weighted by atomic mass is 16.3. The maximum atomic E-state index is 7.10. The number of hydrogen-bond acceptors (Lipinski definition) is 2. The summed E-state index contributed by atoms with van der Waals surface area (Å²) in [5.41, 5.74) is 9.54. The van der Waals surface area contributed by atoms with Crippen molar-refractivity contribution in [1.29, 1.82) is 0 Å². The van der Waals surface area contributed by atoms with Crippen LogP contribution in [0.3, 0.4) is 0 Å². The monoisotopic (exact) mass is 687 g/mol. The highest BCUT2D eigenvalue weighted by Crippen LogP contribution is 2.46. The van der Waals surface area contributed by atoms with Crippen molar-refractivity contribution in [2.75, 3.05) is 4.90 Å². The van der Waals surface area contributed by atoms with Gasteiger partial charge in [-0.25, -0.2) is 0 Å². The van der Waals surface area contributed by atoms with E-state index in [0.29, 0.717) is 0 Å². The van der Waals surface area contributed by atoms with Crippen LogP contribution < -0.4 is 4.90 Å². The molecule has 0 aliphatic heterocycles. The summed E-state index contributed by atoms with van der Waals surface area (Å²) in [5.74, 6) is 0. The second-order valence-corrected chi connectivity index (χ2v) is 14.0. The highest BCUT2D eigenvalue weighted by molar-refractivity contribution is 6.26. The summed E-state index contributed by atoms with van der Waals surface area (Å²) in [6.45, 7) is 0. The van der Waals surface area contributed by atoms with Gasteiger partial charge in [-0.1, -0.05) is 158 Å². The zero-order chi connectivity index (χ0) is 35.6. The van der Waals surface area contributed by atoms with E-state index in [9.17, 15) is 0 Å². The molecule has 0 N–H and O–H groups in total. The molecule has 0 atom stereocenters. The highest BCUT2D eigenvalue weighted by Gasteiger charge is 2.22. The molecule has 2 nitrogen and oxygen atoms in total. The average molecular weight is 688 g/mol. The summed E-state index contributed by atoms with van der Waals surface area (Å²) in [5, 5.41) is 12.3. The van der Waals surface area contributed by atoms with E-state index in [1.165, 1.54) is 54.2 Å². The molecule has 2 heteroatoms. The van der Waals surface area contributed by atoms with Crippen LogP contribution in [0.25, 0.3) is 87.3 Å². The van der Waals surface area contributed by atoms with Gasteiger partial charge in [0.25, 0.3) is 0 Å². The van der Waals surface area contributed by atoms with E-state index < -0.39 is 0 Å². The van der Waals surface area contributed by atoms with Gasteiger partial charge in [0.2, 0.25) is 0 Å². The van der Waals surface area contributed by atoms with Crippen molar-refractivity contribution in [2.45, 2.75) is 0 Å². The van der Waals surface area contributed by atoms with Gasteiger partial charge in [-0.05, 0) is 102 Å². The predicted molar refractivity (Wildman–Crippen MR) is 229 cm³/mol. The van der Waals surface area contributed by atoms with Crippen molar-refractivity contribution in [3.05, 3.63) is 200 Å². The van der Waals surface area contributed by atoms with Crippen LogP contribution in [-0.2, 0) is 0 Å². The van der Waals surface area contributed by atoms with Crippen LogP contribution in [0, 0.1) is 0 Å². The largest absolute Gasteiger partial charge is 0.453 e. The molecule has 0 aliphatic carbocycles. The van der Waals surface area contributed by atoms with Gasteiger partial charge >= 0.3 is 0 Å². The predicted octanol–water partition coefficient (Wildman–Crippen LogP) is 15.0. The molecule has 0 radical (unpaired) electrons. The summed E-state index contributed by atoms with van der Waals surface area (Å²) in [6, 6.07) is 72.0. The van der Waals surface area contributed by atoms with Crippen LogP contribution in [0.15, 0.2) is 205 Å². The topological polar surface area (TPSA) is 16.4 Å². The Morgan fingerprint density at radius 3 is 1.44 bits per heavy atom. The van der Waals surface area contributed by atoms with Gasteiger partial charge in [0.15, 0.2) is 5.58 Å². The van der Waals surface area contributed by atoms with E-state index in [-0.39, 0.29) is 0 Å². The minimum atomic E-state index is 0.865. The molecule has 0 amide bonds. The van der Waals surface area contributed by atoms with E-state index in [4.69, 9.17) is 4.42 Å². The number of para-hydroxylation sites is 3. The zero-order valence-corrected chi connectivity index (χ0v) is 29.4. The molecule has 0 bridgehead atoms. The number of benzene rings is 10. The quantitative estimate of drug-likeness (QED) is 0.168. The van der Waals surface area contributed by atoms with Crippen LogP contribution in [0.1, 0.15) is 0 Å². The third kappa shape index (κ3) is 4.74. The molecular weight excluding hydrogens is 655 g/mol. The lowest BCUT2D eigenvalue weighted by atomic mass is 9.91. The van der Waals surface area contributed by atoms with Crippen molar-refractivity contribution in [3.63, 3.8) is 0 Å². The normalized spacial score (nSPS) is 11.7. The molecule has 1 aromatic heterocycles. The van der Waals surface area contributed by atoms with Crippen molar-refractivity contribution >= 4 is 82.1 Å². The Labute approximate surface area is 312 Å². The molecule has 11 aromatic rings. The number of rotatable bonds is 5.